The van der Waals surface area contributed by atoms with Crippen molar-refractivity contribution in [3.05, 3.63) is 24.2 Å². The minimum Gasteiger partial charge on any atom is -0.469 e. The maximum atomic E-state index is 12.8. The van der Waals surface area contributed by atoms with E-state index < -0.39 is 0 Å². The van der Waals surface area contributed by atoms with E-state index in [0.29, 0.717) is 24.8 Å². The molecule has 4 rings (SSSR count). The molecular formula is C22H34N2O4. The largest absolute Gasteiger partial charge is 0.469 e. The number of fused-ring (bicyclic) bond motifs is 1. The Hall–Kier alpha value is -1.37. The van der Waals surface area contributed by atoms with E-state index >= 15 is 0 Å². The van der Waals surface area contributed by atoms with Crippen LogP contribution in [0.4, 0.5) is 0 Å². The van der Waals surface area contributed by atoms with Gasteiger partial charge in [-0.1, -0.05) is 0 Å². The molecule has 0 spiro atoms. The number of furan rings is 1. The number of methoxy groups -OCH3 is 1. The highest BCUT2D eigenvalue weighted by Crippen LogP contribution is 2.47. The zero-order valence-electron chi connectivity index (χ0n) is 17.1. The van der Waals surface area contributed by atoms with Crippen molar-refractivity contribution in [2.45, 2.75) is 44.6 Å². The van der Waals surface area contributed by atoms with Crippen molar-refractivity contribution < 1.29 is 18.7 Å². The van der Waals surface area contributed by atoms with Gasteiger partial charge in [-0.2, -0.15) is 0 Å². The second kappa shape index (κ2) is 8.97. The van der Waals surface area contributed by atoms with E-state index in [2.05, 4.69) is 9.80 Å². The average Bonchev–Trinajstić information content (AvgIpc) is 3.25. The molecule has 28 heavy (non-hydrogen) atoms. The van der Waals surface area contributed by atoms with Crippen molar-refractivity contribution in [1.29, 1.82) is 0 Å². The fourth-order valence-corrected chi connectivity index (χ4v) is 5.61. The van der Waals surface area contributed by atoms with E-state index in [-0.39, 0.29) is 11.3 Å². The number of amides is 1. The van der Waals surface area contributed by atoms with Crippen LogP contribution in [0.3, 0.4) is 0 Å². The van der Waals surface area contributed by atoms with Crippen LogP contribution in [0.15, 0.2) is 22.8 Å². The van der Waals surface area contributed by atoms with Gasteiger partial charge in [-0.15, -0.1) is 0 Å². The summed E-state index contributed by atoms with van der Waals surface area (Å²) in [6.45, 7) is 6.33. The molecule has 6 heteroatoms. The first-order valence-corrected chi connectivity index (χ1v) is 10.8. The third-order valence-corrected chi connectivity index (χ3v) is 7.16. The molecule has 3 aliphatic rings. The lowest BCUT2D eigenvalue weighted by Crippen LogP contribution is -2.58. The summed E-state index contributed by atoms with van der Waals surface area (Å²) in [6, 6.07) is 4.49. The normalized spacial score (nSPS) is 31.5. The number of hydrogen-bond acceptors (Lipinski definition) is 5. The molecule has 156 valence electrons. The minimum atomic E-state index is 0.121. The standard InChI is InChI=1S/C22H34N2O4/c1-26-17-22-8-6-19(23-10-13-27-14-11-23)15-18(22)7-9-24(16-22)21(25)5-4-20-3-2-12-28-20/h2-3,12,18-19H,4-11,13-17H2,1H3/t18-,19-,22+/m1/s1. The van der Waals surface area contributed by atoms with Gasteiger partial charge in [-0.25, -0.2) is 0 Å². The molecule has 1 aliphatic carbocycles. The Labute approximate surface area is 168 Å². The van der Waals surface area contributed by atoms with E-state index in [0.717, 1.165) is 64.6 Å². The highest BCUT2D eigenvalue weighted by Gasteiger charge is 2.48. The summed E-state index contributed by atoms with van der Waals surface area (Å²) in [5.74, 6) is 1.78. The Morgan fingerprint density at radius 3 is 2.89 bits per heavy atom. The van der Waals surface area contributed by atoms with Gasteiger partial charge in [0.2, 0.25) is 5.91 Å². The number of nitrogens with zero attached hydrogens (tertiary/aromatic N) is 2. The molecule has 1 aromatic rings. The van der Waals surface area contributed by atoms with Crippen molar-refractivity contribution in [1.82, 2.24) is 9.80 Å². The Kier molecular flexibility index (Phi) is 6.38. The first-order chi connectivity index (χ1) is 13.7. The molecule has 0 unspecified atom stereocenters. The highest BCUT2D eigenvalue weighted by molar-refractivity contribution is 5.76. The Balaban J connectivity index is 1.37. The number of rotatable bonds is 6. The topological polar surface area (TPSA) is 55.2 Å². The number of hydrogen-bond donors (Lipinski definition) is 0. The molecule has 1 amide bonds. The number of morpholine rings is 1. The van der Waals surface area contributed by atoms with Crippen molar-refractivity contribution in [2.75, 3.05) is 53.1 Å². The lowest BCUT2D eigenvalue weighted by atomic mass is 9.61. The monoisotopic (exact) mass is 390 g/mol. The van der Waals surface area contributed by atoms with E-state index in [1.165, 1.54) is 12.8 Å². The van der Waals surface area contributed by atoms with Gasteiger partial charge in [-0.3, -0.25) is 9.69 Å². The summed E-state index contributed by atoms with van der Waals surface area (Å²) in [4.78, 5) is 17.6. The summed E-state index contributed by atoms with van der Waals surface area (Å²) < 4.78 is 16.6. The first kappa shape index (κ1) is 19.9. The van der Waals surface area contributed by atoms with Crippen molar-refractivity contribution in [3.63, 3.8) is 0 Å². The Bertz CT molecular complexity index is 628. The summed E-state index contributed by atoms with van der Waals surface area (Å²) in [6.07, 6.45) is 7.56. The molecule has 2 saturated heterocycles. The molecule has 0 aromatic carbocycles. The van der Waals surface area contributed by atoms with E-state index in [9.17, 15) is 4.79 Å². The third-order valence-electron chi connectivity index (χ3n) is 7.16. The molecule has 1 saturated carbocycles. The van der Waals surface area contributed by atoms with Crippen LogP contribution >= 0.6 is 0 Å². The zero-order valence-corrected chi connectivity index (χ0v) is 17.1. The molecular weight excluding hydrogens is 356 g/mol. The summed E-state index contributed by atoms with van der Waals surface area (Å²) >= 11 is 0. The van der Waals surface area contributed by atoms with Crippen LogP contribution < -0.4 is 0 Å². The maximum Gasteiger partial charge on any atom is 0.223 e. The summed E-state index contributed by atoms with van der Waals surface area (Å²) in [5, 5.41) is 0. The van der Waals surface area contributed by atoms with Crippen LogP contribution in [-0.2, 0) is 20.7 Å². The van der Waals surface area contributed by atoms with E-state index in [4.69, 9.17) is 13.9 Å². The number of likely N-dealkylation sites (tertiary alicyclic amines) is 1. The second-order valence-corrected chi connectivity index (χ2v) is 8.75. The van der Waals surface area contributed by atoms with Crippen molar-refractivity contribution >= 4 is 5.91 Å². The molecule has 3 atom stereocenters. The van der Waals surface area contributed by atoms with Crippen LogP contribution in [0.25, 0.3) is 0 Å². The van der Waals surface area contributed by atoms with Crippen LogP contribution in [-0.4, -0.2) is 74.9 Å². The van der Waals surface area contributed by atoms with Gasteiger partial charge in [-0.05, 0) is 43.7 Å². The van der Waals surface area contributed by atoms with Crippen LogP contribution in [0.2, 0.25) is 0 Å². The number of aryl methyl sites for hydroxylation is 1. The summed E-state index contributed by atoms with van der Waals surface area (Å²) in [7, 11) is 1.80. The van der Waals surface area contributed by atoms with Gasteiger partial charge in [0.1, 0.15) is 5.76 Å². The van der Waals surface area contributed by atoms with Crippen LogP contribution in [0, 0.1) is 11.3 Å². The molecule has 6 nitrogen and oxygen atoms in total. The Morgan fingerprint density at radius 1 is 1.29 bits per heavy atom. The number of carbonyl (C=O) groups excluding carboxylic acids is 1. The van der Waals surface area contributed by atoms with Gasteiger partial charge in [0.25, 0.3) is 0 Å². The fourth-order valence-electron chi connectivity index (χ4n) is 5.61. The van der Waals surface area contributed by atoms with Gasteiger partial charge < -0.3 is 18.8 Å². The van der Waals surface area contributed by atoms with E-state index in [1.807, 2.05) is 12.1 Å². The number of piperidine rings is 1. The highest BCUT2D eigenvalue weighted by atomic mass is 16.5. The van der Waals surface area contributed by atoms with Crippen molar-refractivity contribution in [2.24, 2.45) is 11.3 Å². The van der Waals surface area contributed by atoms with Gasteiger partial charge in [0, 0.05) is 57.6 Å². The summed E-state index contributed by atoms with van der Waals surface area (Å²) in [5.41, 5.74) is 0.121. The SMILES string of the molecule is COC[C@@]12CC[C@@H](N3CCOCC3)C[C@H]1CCN(C(=O)CCc1ccco1)C2. The molecule has 3 heterocycles. The van der Waals surface area contributed by atoms with Gasteiger partial charge in [0.05, 0.1) is 26.1 Å². The van der Waals surface area contributed by atoms with Crippen molar-refractivity contribution in [3.8, 4) is 0 Å². The second-order valence-electron chi connectivity index (χ2n) is 8.75. The lowest BCUT2D eigenvalue weighted by Gasteiger charge is -2.54. The van der Waals surface area contributed by atoms with Crippen LogP contribution in [0.5, 0.6) is 0 Å². The number of carbonyl (C=O) groups is 1. The molecule has 2 aliphatic heterocycles. The zero-order chi connectivity index (χ0) is 19.4. The molecule has 0 radical (unpaired) electrons. The average molecular weight is 391 g/mol. The lowest BCUT2D eigenvalue weighted by molar-refractivity contribution is -0.142. The predicted octanol–water partition coefficient (Wildman–Crippen LogP) is 2.58. The molecule has 0 bridgehead atoms. The number of ether oxygens (including phenoxy) is 2. The third kappa shape index (κ3) is 4.29. The van der Waals surface area contributed by atoms with Gasteiger partial charge >= 0.3 is 0 Å². The minimum absolute atomic E-state index is 0.121. The van der Waals surface area contributed by atoms with Crippen LogP contribution in [0.1, 0.15) is 37.9 Å². The molecule has 1 aromatic heterocycles. The molecule has 0 N–H and O–H groups in total. The molecule has 3 fully saturated rings. The van der Waals surface area contributed by atoms with E-state index in [1.54, 1.807) is 13.4 Å². The Morgan fingerprint density at radius 2 is 2.14 bits per heavy atom. The quantitative estimate of drug-likeness (QED) is 0.747. The van der Waals surface area contributed by atoms with Gasteiger partial charge in [0.15, 0.2) is 0 Å². The smallest absolute Gasteiger partial charge is 0.223 e. The predicted molar refractivity (Wildman–Crippen MR) is 106 cm³/mol. The maximum absolute atomic E-state index is 12.8. The first-order valence-electron chi connectivity index (χ1n) is 10.8. The fraction of sp³-hybridized carbons (Fsp3) is 0.773.